The van der Waals surface area contributed by atoms with Gasteiger partial charge in [0.05, 0.1) is 17.4 Å². The maximum absolute atomic E-state index is 4.47. The lowest BCUT2D eigenvalue weighted by Gasteiger charge is -2.20. The second-order valence-corrected chi connectivity index (χ2v) is 4.96. The Morgan fingerprint density at radius 1 is 1.05 bits per heavy atom. The van der Waals surface area contributed by atoms with Crippen molar-refractivity contribution in [1.29, 1.82) is 0 Å². The van der Waals surface area contributed by atoms with Gasteiger partial charge in [0.15, 0.2) is 0 Å². The van der Waals surface area contributed by atoms with E-state index in [-0.39, 0.29) is 6.04 Å². The van der Waals surface area contributed by atoms with E-state index in [0.717, 1.165) is 16.9 Å². The summed E-state index contributed by atoms with van der Waals surface area (Å²) in [5.74, 6) is 0. The summed E-state index contributed by atoms with van der Waals surface area (Å²) in [6.45, 7) is 2.10. The van der Waals surface area contributed by atoms with Crippen molar-refractivity contribution < 1.29 is 0 Å². The minimum atomic E-state index is 0.0569. The number of hydrogen-bond donors (Lipinski definition) is 1. The van der Waals surface area contributed by atoms with E-state index in [9.17, 15) is 0 Å². The highest BCUT2D eigenvalue weighted by molar-refractivity contribution is 5.37. The molecule has 1 aromatic carbocycles. The number of nitrogens with zero attached hydrogens (tertiary/aromatic N) is 3. The maximum Gasteiger partial charge on any atom is 0.0768 e. The topological polar surface area (TPSA) is 42.7 Å². The number of para-hydroxylation sites is 1. The van der Waals surface area contributed by atoms with Crippen molar-refractivity contribution in [2.75, 3.05) is 7.05 Å². The van der Waals surface area contributed by atoms with Gasteiger partial charge in [0.25, 0.3) is 0 Å². The summed E-state index contributed by atoms with van der Waals surface area (Å²) in [6, 6.07) is 14.3. The standard InChI is InChI=1S/C17H18N4/c1-13-8-10-19-12-15(13)17(18-2)16-9-11-20-21(16)14-6-4-3-5-7-14/h3-12,17-18H,1-2H3. The molecule has 2 heterocycles. The summed E-state index contributed by atoms with van der Waals surface area (Å²) in [5, 5.41) is 7.84. The zero-order valence-electron chi connectivity index (χ0n) is 12.2. The molecule has 106 valence electrons. The van der Waals surface area contributed by atoms with Gasteiger partial charge in [-0.2, -0.15) is 5.10 Å². The minimum Gasteiger partial charge on any atom is -0.308 e. The third kappa shape index (κ3) is 2.58. The molecule has 0 saturated heterocycles. The van der Waals surface area contributed by atoms with E-state index in [4.69, 9.17) is 0 Å². The number of aromatic nitrogens is 3. The Hall–Kier alpha value is -2.46. The molecule has 0 fully saturated rings. The Kier molecular flexibility index (Phi) is 3.79. The van der Waals surface area contributed by atoms with E-state index < -0.39 is 0 Å². The lowest BCUT2D eigenvalue weighted by Crippen LogP contribution is -2.22. The Morgan fingerprint density at radius 2 is 1.86 bits per heavy atom. The monoisotopic (exact) mass is 278 g/mol. The summed E-state index contributed by atoms with van der Waals surface area (Å²) in [5.41, 5.74) is 4.53. The van der Waals surface area contributed by atoms with Gasteiger partial charge in [-0.1, -0.05) is 18.2 Å². The van der Waals surface area contributed by atoms with Gasteiger partial charge in [-0.05, 0) is 49.4 Å². The number of aryl methyl sites for hydroxylation is 1. The molecule has 4 heteroatoms. The van der Waals surface area contributed by atoms with Crippen LogP contribution in [-0.2, 0) is 0 Å². The Balaban J connectivity index is 2.08. The highest BCUT2D eigenvalue weighted by Crippen LogP contribution is 2.25. The predicted octanol–water partition coefficient (Wildman–Crippen LogP) is 2.88. The molecule has 0 spiro atoms. The van der Waals surface area contributed by atoms with Crippen LogP contribution in [0.15, 0.2) is 61.1 Å². The fourth-order valence-corrected chi connectivity index (χ4v) is 2.56. The number of hydrogen-bond acceptors (Lipinski definition) is 3. The lowest BCUT2D eigenvalue weighted by atomic mass is 10.0. The first kappa shape index (κ1) is 13.5. The van der Waals surface area contributed by atoms with Crippen molar-refractivity contribution in [3.05, 3.63) is 77.9 Å². The molecule has 0 aliphatic heterocycles. The SMILES string of the molecule is CNC(c1cnccc1C)c1ccnn1-c1ccccc1. The molecule has 0 aliphatic carbocycles. The Bertz CT molecular complexity index is 718. The van der Waals surface area contributed by atoms with Gasteiger partial charge in [0.2, 0.25) is 0 Å². The molecule has 2 aromatic heterocycles. The van der Waals surface area contributed by atoms with Gasteiger partial charge < -0.3 is 5.32 Å². The van der Waals surface area contributed by atoms with Gasteiger partial charge >= 0.3 is 0 Å². The predicted molar refractivity (Wildman–Crippen MR) is 83.4 cm³/mol. The van der Waals surface area contributed by atoms with Crippen LogP contribution in [0.4, 0.5) is 0 Å². The molecule has 0 amide bonds. The van der Waals surface area contributed by atoms with Crippen LogP contribution in [0.5, 0.6) is 0 Å². The maximum atomic E-state index is 4.47. The van der Waals surface area contributed by atoms with Crippen LogP contribution in [0.25, 0.3) is 5.69 Å². The molecule has 0 bridgehead atoms. The summed E-state index contributed by atoms with van der Waals surface area (Å²) in [4.78, 5) is 4.26. The van der Waals surface area contributed by atoms with Gasteiger partial charge in [-0.15, -0.1) is 0 Å². The average Bonchev–Trinajstić information content (AvgIpc) is 3.00. The summed E-state index contributed by atoms with van der Waals surface area (Å²) < 4.78 is 1.97. The molecule has 0 saturated carbocycles. The largest absolute Gasteiger partial charge is 0.308 e. The minimum absolute atomic E-state index is 0.0569. The summed E-state index contributed by atoms with van der Waals surface area (Å²) in [6.07, 6.45) is 5.57. The smallest absolute Gasteiger partial charge is 0.0768 e. The van der Waals surface area contributed by atoms with Crippen molar-refractivity contribution in [2.24, 2.45) is 0 Å². The van der Waals surface area contributed by atoms with Crippen LogP contribution in [0, 0.1) is 6.92 Å². The molecule has 3 rings (SSSR count). The molecule has 0 radical (unpaired) electrons. The molecule has 1 unspecified atom stereocenters. The van der Waals surface area contributed by atoms with Crippen molar-refractivity contribution in [2.45, 2.75) is 13.0 Å². The molecule has 1 atom stereocenters. The summed E-state index contributed by atoms with van der Waals surface area (Å²) >= 11 is 0. The van der Waals surface area contributed by atoms with Crippen LogP contribution >= 0.6 is 0 Å². The van der Waals surface area contributed by atoms with Crippen LogP contribution in [0.1, 0.15) is 22.9 Å². The highest BCUT2D eigenvalue weighted by atomic mass is 15.3. The molecule has 21 heavy (non-hydrogen) atoms. The van der Waals surface area contributed by atoms with Crippen molar-refractivity contribution >= 4 is 0 Å². The molecule has 1 N–H and O–H groups in total. The number of rotatable bonds is 4. The molecular formula is C17H18N4. The average molecular weight is 278 g/mol. The first-order valence-electron chi connectivity index (χ1n) is 6.98. The van der Waals surface area contributed by atoms with Crippen LogP contribution in [0.2, 0.25) is 0 Å². The van der Waals surface area contributed by atoms with Gasteiger partial charge in [0, 0.05) is 18.6 Å². The van der Waals surface area contributed by atoms with Gasteiger partial charge in [-0.3, -0.25) is 4.98 Å². The Labute approximate surface area is 124 Å². The first-order valence-corrected chi connectivity index (χ1v) is 6.98. The Morgan fingerprint density at radius 3 is 2.57 bits per heavy atom. The third-order valence-corrected chi connectivity index (χ3v) is 3.65. The zero-order valence-corrected chi connectivity index (χ0v) is 12.2. The number of nitrogens with one attached hydrogen (secondary N) is 1. The van der Waals surface area contributed by atoms with Crippen LogP contribution in [0.3, 0.4) is 0 Å². The van der Waals surface area contributed by atoms with Gasteiger partial charge in [0.1, 0.15) is 0 Å². The number of benzene rings is 1. The van der Waals surface area contributed by atoms with Gasteiger partial charge in [-0.25, -0.2) is 4.68 Å². The number of pyridine rings is 1. The van der Waals surface area contributed by atoms with E-state index in [2.05, 4.69) is 34.5 Å². The highest BCUT2D eigenvalue weighted by Gasteiger charge is 2.19. The van der Waals surface area contributed by atoms with E-state index in [1.165, 1.54) is 5.56 Å². The van der Waals surface area contributed by atoms with Crippen molar-refractivity contribution in [3.63, 3.8) is 0 Å². The van der Waals surface area contributed by atoms with Crippen molar-refractivity contribution in [3.8, 4) is 5.69 Å². The van der Waals surface area contributed by atoms with E-state index in [1.54, 1.807) is 0 Å². The van der Waals surface area contributed by atoms with E-state index >= 15 is 0 Å². The van der Waals surface area contributed by atoms with Crippen molar-refractivity contribution in [1.82, 2.24) is 20.1 Å². The molecule has 0 aliphatic rings. The third-order valence-electron chi connectivity index (χ3n) is 3.65. The van der Waals surface area contributed by atoms with Crippen LogP contribution < -0.4 is 5.32 Å². The molecule has 4 nitrogen and oxygen atoms in total. The zero-order chi connectivity index (χ0) is 14.7. The van der Waals surface area contributed by atoms with E-state index in [1.807, 2.05) is 60.7 Å². The normalized spacial score (nSPS) is 12.3. The summed E-state index contributed by atoms with van der Waals surface area (Å²) in [7, 11) is 1.96. The lowest BCUT2D eigenvalue weighted by molar-refractivity contribution is 0.632. The second-order valence-electron chi connectivity index (χ2n) is 4.96. The fraction of sp³-hybridized carbons (Fsp3) is 0.176. The molecular weight excluding hydrogens is 260 g/mol. The first-order chi connectivity index (χ1) is 10.3. The van der Waals surface area contributed by atoms with Crippen LogP contribution in [-0.4, -0.2) is 21.8 Å². The van der Waals surface area contributed by atoms with E-state index in [0.29, 0.717) is 0 Å². The fourth-order valence-electron chi connectivity index (χ4n) is 2.56. The second kappa shape index (κ2) is 5.89. The molecule has 3 aromatic rings. The quantitative estimate of drug-likeness (QED) is 0.798.